The lowest BCUT2D eigenvalue weighted by Gasteiger charge is -2.07. The van der Waals surface area contributed by atoms with Crippen LogP contribution in [0.2, 0.25) is 0 Å². The zero-order valence-electron chi connectivity index (χ0n) is 14.8. The Morgan fingerprint density at radius 2 is 1.56 bits per heavy atom. The Bertz CT molecular complexity index is 1160. The van der Waals surface area contributed by atoms with Crippen molar-refractivity contribution in [2.75, 3.05) is 0 Å². The fraction of sp³-hybridized carbons (Fsp3) is 0.0455. The normalized spacial score (nSPS) is 11.1. The zero-order valence-corrected chi connectivity index (χ0v) is 14.8. The number of H-pyrrole nitrogens is 1. The number of aromatic amines is 1. The van der Waals surface area contributed by atoms with E-state index in [0.717, 1.165) is 44.9 Å². The second kappa shape index (κ2) is 6.21. The average molecular weight is 351 g/mol. The predicted molar refractivity (Wildman–Crippen MR) is 107 cm³/mol. The standard InChI is InChI=1S/C22H17N5/c1-27-18-10-6-5-9-17(18)24-22(27)19-20(15-7-3-2-4-8-15)25-26-21(19)16-11-13-23-14-12-16/h2-14H,1H3,(H,25,26). The molecule has 5 aromatic rings. The summed E-state index contributed by atoms with van der Waals surface area (Å²) in [6.07, 6.45) is 3.58. The van der Waals surface area contributed by atoms with Crippen LogP contribution in [-0.4, -0.2) is 24.7 Å². The van der Waals surface area contributed by atoms with Crippen molar-refractivity contribution in [2.24, 2.45) is 7.05 Å². The van der Waals surface area contributed by atoms with E-state index in [-0.39, 0.29) is 0 Å². The number of benzene rings is 2. The molecule has 0 atom stereocenters. The molecule has 3 aromatic heterocycles. The van der Waals surface area contributed by atoms with Gasteiger partial charge in [-0.15, -0.1) is 0 Å². The van der Waals surface area contributed by atoms with Crippen molar-refractivity contribution in [2.45, 2.75) is 0 Å². The van der Waals surface area contributed by atoms with Crippen LogP contribution in [0.5, 0.6) is 0 Å². The first-order valence-electron chi connectivity index (χ1n) is 8.79. The molecule has 0 aliphatic heterocycles. The first-order chi connectivity index (χ1) is 13.3. The molecule has 0 amide bonds. The van der Waals surface area contributed by atoms with Crippen molar-refractivity contribution >= 4 is 11.0 Å². The van der Waals surface area contributed by atoms with Crippen molar-refractivity contribution in [3.8, 4) is 33.9 Å². The molecule has 2 aromatic carbocycles. The van der Waals surface area contributed by atoms with E-state index in [4.69, 9.17) is 4.98 Å². The molecule has 5 nitrogen and oxygen atoms in total. The highest BCUT2D eigenvalue weighted by atomic mass is 15.1. The van der Waals surface area contributed by atoms with E-state index in [1.807, 2.05) is 55.6 Å². The Morgan fingerprint density at radius 3 is 2.33 bits per heavy atom. The molecule has 5 heteroatoms. The largest absolute Gasteiger partial charge is 0.327 e. The molecule has 130 valence electrons. The smallest absolute Gasteiger partial charge is 0.145 e. The van der Waals surface area contributed by atoms with Crippen molar-refractivity contribution in [1.82, 2.24) is 24.7 Å². The van der Waals surface area contributed by atoms with Gasteiger partial charge in [0.25, 0.3) is 0 Å². The maximum absolute atomic E-state index is 4.91. The van der Waals surface area contributed by atoms with Gasteiger partial charge in [-0.2, -0.15) is 5.10 Å². The zero-order chi connectivity index (χ0) is 18.2. The third-order valence-electron chi connectivity index (χ3n) is 4.79. The van der Waals surface area contributed by atoms with Crippen LogP contribution in [0.3, 0.4) is 0 Å². The highest BCUT2D eigenvalue weighted by molar-refractivity contribution is 5.92. The van der Waals surface area contributed by atoms with Crippen LogP contribution in [0.15, 0.2) is 79.1 Å². The number of aromatic nitrogens is 5. The van der Waals surface area contributed by atoms with Gasteiger partial charge in [0, 0.05) is 30.6 Å². The first-order valence-corrected chi connectivity index (χ1v) is 8.79. The van der Waals surface area contributed by atoms with E-state index in [9.17, 15) is 0 Å². The second-order valence-electron chi connectivity index (χ2n) is 6.41. The third kappa shape index (κ3) is 2.52. The minimum atomic E-state index is 0.885. The maximum Gasteiger partial charge on any atom is 0.145 e. The van der Waals surface area contributed by atoms with E-state index < -0.39 is 0 Å². The molecule has 0 spiro atoms. The number of para-hydroxylation sites is 2. The van der Waals surface area contributed by atoms with E-state index in [1.165, 1.54) is 0 Å². The molecule has 0 radical (unpaired) electrons. The summed E-state index contributed by atoms with van der Waals surface area (Å²) >= 11 is 0. The van der Waals surface area contributed by atoms with E-state index in [0.29, 0.717) is 0 Å². The number of nitrogens with zero attached hydrogens (tertiary/aromatic N) is 4. The lowest BCUT2D eigenvalue weighted by atomic mass is 10.0. The molecule has 5 rings (SSSR count). The van der Waals surface area contributed by atoms with Crippen LogP contribution < -0.4 is 0 Å². The Hall–Kier alpha value is -3.73. The molecule has 0 unspecified atom stereocenters. The summed E-state index contributed by atoms with van der Waals surface area (Å²) in [5.74, 6) is 0.885. The van der Waals surface area contributed by atoms with Gasteiger partial charge in [-0.3, -0.25) is 10.1 Å². The molecule has 0 bridgehead atoms. The number of hydrogen-bond acceptors (Lipinski definition) is 3. The minimum absolute atomic E-state index is 0.885. The fourth-order valence-corrected chi connectivity index (χ4v) is 3.46. The van der Waals surface area contributed by atoms with Gasteiger partial charge in [0.05, 0.1) is 22.3 Å². The number of hydrogen-bond donors (Lipinski definition) is 1. The monoisotopic (exact) mass is 351 g/mol. The molecular weight excluding hydrogens is 334 g/mol. The predicted octanol–water partition coefficient (Wildman–Crippen LogP) is 4.69. The number of fused-ring (bicyclic) bond motifs is 1. The van der Waals surface area contributed by atoms with E-state index >= 15 is 0 Å². The van der Waals surface area contributed by atoms with Gasteiger partial charge in [0.15, 0.2) is 0 Å². The average Bonchev–Trinajstić information content (AvgIpc) is 3.31. The molecule has 0 aliphatic rings. The molecule has 0 fully saturated rings. The fourth-order valence-electron chi connectivity index (χ4n) is 3.46. The minimum Gasteiger partial charge on any atom is -0.327 e. The van der Waals surface area contributed by atoms with Crippen LogP contribution in [0.4, 0.5) is 0 Å². The van der Waals surface area contributed by atoms with Crippen LogP contribution in [0, 0.1) is 0 Å². The molecule has 0 saturated heterocycles. The number of aryl methyl sites for hydroxylation is 1. The molecule has 3 heterocycles. The van der Waals surface area contributed by atoms with Gasteiger partial charge in [-0.05, 0) is 24.3 Å². The Kier molecular flexibility index (Phi) is 3.57. The Morgan fingerprint density at radius 1 is 0.815 bits per heavy atom. The Balaban J connectivity index is 1.83. The van der Waals surface area contributed by atoms with E-state index in [1.54, 1.807) is 12.4 Å². The number of nitrogens with one attached hydrogen (secondary N) is 1. The number of pyridine rings is 1. The van der Waals surface area contributed by atoms with Crippen LogP contribution >= 0.6 is 0 Å². The van der Waals surface area contributed by atoms with Gasteiger partial charge >= 0.3 is 0 Å². The molecular formula is C22H17N5. The van der Waals surface area contributed by atoms with Gasteiger partial charge in [0.2, 0.25) is 0 Å². The van der Waals surface area contributed by atoms with E-state index in [2.05, 4.69) is 37.9 Å². The van der Waals surface area contributed by atoms with Crippen LogP contribution in [0.1, 0.15) is 0 Å². The molecule has 0 saturated carbocycles. The number of rotatable bonds is 3. The summed E-state index contributed by atoms with van der Waals surface area (Å²) in [6, 6.07) is 22.3. The lowest BCUT2D eigenvalue weighted by molar-refractivity contribution is 0.960. The first kappa shape index (κ1) is 15.5. The number of imidazole rings is 1. The van der Waals surface area contributed by atoms with Crippen molar-refractivity contribution in [3.05, 3.63) is 79.1 Å². The van der Waals surface area contributed by atoms with Crippen molar-refractivity contribution < 1.29 is 0 Å². The van der Waals surface area contributed by atoms with Crippen molar-refractivity contribution in [3.63, 3.8) is 0 Å². The summed E-state index contributed by atoms with van der Waals surface area (Å²) in [6.45, 7) is 0. The third-order valence-corrected chi connectivity index (χ3v) is 4.79. The van der Waals surface area contributed by atoms with Gasteiger partial charge < -0.3 is 4.57 Å². The lowest BCUT2D eigenvalue weighted by Crippen LogP contribution is -1.95. The quantitative estimate of drug-likeness (QED) is 0.513. The topological polar surface area (TPSA) is 59.4 Å². The van der Waals surface area contributed by atoms with Gasteiger partial charge in [-0.1, -0.05) is 42.5 Å². The van der Waals surface area contributed by atoms with Gasteiger partial charge in [-0.25, -0.2) is 4.98 Å². The molecule has 0 aliphatic carbocycles. The molecule has 1 N–H and O–H groups in total. The summed E-state index contributed by atoms with van der Waals surface area (Å²) in [5.41, 5.74) is 6.96. The Labute approximate surface area is 156 Å². The summed E-state index contributed by atoms with van der Waals surface area (Å²) in [7, 11) is 2.04. The highest BCUT2D eigenvalue weighted by Crippen LogP contribution is 2.38. The van der Waals surface area contributed by atoms with Crippen LogP contribution in [-0.2, 0) is 7.05 Å². The summed E-state index contributed by atoms with van der Waals surface area (Å²) < 4.78 is 2.12. The maximum atomic E-state index is 4.91. The summed E-state index contributed by atoms with van der Waals surface area (Å²) in [4.78, 5) is 9.05. The second-order valence-corrected chi connectivity index (χ2v) is 6.41. The molecule has 27 heavy (non-hydrogen) atoms. The summed E-state index contributed by atoms with van der Waals surface area (Å²) in [5, 5.41) is 7.88. The van der Waals surface area contributed by atoms with Crippen molar-refractivity contribution in [1.29, 1.82) is 0 Å². The van der Waals surface area contributed by atoms with Crippen LogP contribution in [0.25, 0.3) is 44.9 Å². The highest BCUT2D eigenvalue weighted by Gasteiger charge is 2.22. The van der Waals surface area contributed by atoms with Gasteiger partial charge in [0.1, 0.15) is 11.5 Å². The SMILES string of the molecule is Cn1c(-c2c(-c3ccccc3)n[nH]c2-c2ccncc2)nc2ccccc21.